The molecule has 0 spiro atoms. The third-order valence-electron chi connectivity index (χ3n) is 4.15. The average Bonchev–Trinajstić information content (AvgIpc) is 2.22. The van der Waals surface area contributed by atoms with Gasteiger partial charge in [-0.25, -0.2) is 0 Å². The van der Waals surface area contributed by atoms with Crippen molar-refractivity contribution in [1.82, 2.24) is 5.32 Å². The molecule has 100 valence electrons. The highest BCUT2D eigenvalue weighted by Gasteiger charge is 2.44. The second-order valence-corrected chi connectivity index (χ2v) is 7.21. The summed E-state index contributed by atoms with van der Waals surface area (Å²) in [5.41, 5.74) is 3.58. The zero-order valence-corrected chi connectivity index (χ0v) is 12.5. The Morgan fingerprint density at radius 2 is 1.83 bits per heavy atom. The first kappa shape index (κ1) is 13.6. The lowest BCUT2D eigenvalue weighted by molar-refractivity contribution is 0.141. The molecule has 1 N–H and O–H groups in total. The lowest BCUT2D eigenvalue weighted by Crippen LogP contribution is -2.52. The van der Waals surface area contributed by atoms with Gasteiger partial charge in [-0.15, -0.1) is 0 Å². The Hall–Kier alpha value is -0.820. The van der Waals surface area contributed by atoms with Crippen LogP contribution in [0.2, 0.25) is 0 Å². The monoisotopic (exact) mass is 245 g/mol. The number of rotatable bonds is 3. The van der Waals surface area contributed by atoms with E-state index in [1.165, 1.54) is 18.4 Å². The molecule has 0 atom stereocenters. The highest BCUT2D eigenvalue weighted by molar-refractivity contribution is 5.36. The van der Waals surface area contributed by atoms with Crippen LogP contribution in [0.25, 0.3) is 0 Å². The smallest absolute Gasteiger partial charge is 0.00968 e. The molecule has 1 saturated carbocycles. The van der Waals surface area contributed by atoms with E-state index >= 15 is 0 Å². The summed E-state index contributed by atoms with van der Waals surface area (Å²) in [5, 5.41) is 3.71. The maximum atomic E-state index is 3.71. The Kier molecular flexibility index (Phi) is 3.55. The minimum Gasteiger partial charge on any atom is -0.311 e. The normalized spacial score (nSPS) is 27.9. The first-order valence-electron chi connectivity index (χ1n) is 7.14. The third kappa shape index (κ3) is 2.77. The van der Waals surface area contributed by atoms with E-state index in [1.54, 1.807) is 5.56 Å². The largest absolute Gasteiger partial charge is 0.311 e. The predicted molar refractivity (Wildman–Crippen MR) is 79.0 cm³/mol. The maximum Gasteiger partial charge on any atom is 0.00968 e. The molecule has 0 saturated heterocycles. The predicted octanol–water partition coefficient (Wildman–Crippen LogP) is 4.05. The molecule has 0 aromatic heterocycles. The van der Waals surface area contributed by atoms with Crippen molar-refractivity contribution in [2.45, 2.75) is 58.4 Å². The maximum absolute atomic E-state index is 3.71. The Morgan fingerprint density at radius 1 is 1.22 bits per heavy atom. The summed E-state index contributed by atoms with van der Waals surface area (Å²) in [6, 6.07) is 8.90. The first-order chi connectivity index (χ1) is 8.32. The molecule has 0 radical (unpaired) electrons. The van der Waals surface area contributed by atoms with Crippen molar-refractivity contribution in [2.24, 2.45) is 5.92 Å². The molecule has 0 aliphatic heterocycles. The van der Waals surface area contributed by atoms with Crippen molar-refractivity contribution >= 4 is 0 Å². The summed E-state index contributed by atoms with van der Waals surface area (Å²) >= 11 is 0. The second-order valence-electron chi connectivity index (χ2n) is 7.21. The van der Waals surface area contributed by atoms with Gasteiger partial charge >= 0.3 is 0 Å². The van der Waals surface area contributed by atoms with E-state index in [4.69, 9.17) is 0 Å². The summed E-state index contributed by atoms with van der Waals surface area (Å²) < 4.78 is 0. The van der Waals surface area contributed by atoms with E-state index in [-0.39, 0.29) is 5.54 Å². The number of nitrogens with one attached hydrogen (secondary N) is 1. The van der Waals surface area contributed by atoms with E-state index in [1.807, 2.05) is 0 Å². The van der Waals surface area contributed by atoms with Gasteiger partial charge in [0.1, 0.15) is 0 Å². The number of hydrogen-bond acceptors (Lipinski definition) is 1. The minimum atomic E-state index is 0.203. The van der Waals surface area contributed by atoms with Crippen molar-refractivity contribution in [3.05, 3.63) is 35.4 Å². The van der Waals surface area contributed by atoms with Crippen LogP contribution in [0.1, 0.15) is 51.7 Å². The Morgan fingerprint density at radius 3 is 2.33 bits per heavy atom. The van der Waals surface area contributed by atoms with E-state index in [0.29, 0.717) is 5.41 Å². The van der Waals surface area contributed by atoms with Crippen LogP contribution in [-0.4, -0.2) is 12.1 Å². The van der Waals surface area contributed by atoms with Crippen molar-refractivity contribution in [2.75, 3.05) is 6.54 Å². The Balaban J connectivity index is 2.21. The number of benzene rings is 1. The molecule has 18 heavy (non-hydrogen) atoms. The fraction of sp³-hybridized carbons (Fsp3) is 0.647. The molecular formula is C17H27N. The van der Waals surface area contributed by atoms with Crippen LogP contribution in [0.3, 0.4) is 0 Å². The van der Waals surface area contributed by atoms with Gasteiger partial charge in [-0.2, -0.15) is 0 Å². The molecule has 1 nitrogen and oxygen atoms in total. The van der Waals surface area contributed by atoms with E-state index < -0.39 is 0 Å². The summed E-state index contributed by atoms with van der Waals surface area (Å²) in [6.45, 7) is 12.5. The molecule has 0 amide bonds. The van der Waals surface area contributed by atoms with Crippen LogP contribution in [0.15, 0.2) is 24.3 Å². The lowest BCUT2D eigenvalue weighted by Gasteiger charge is -2.49. The van der Waals surface area contributed by atoms with Gasteiger partial charge in [0.05, 0.1) is 0 Å². The molecule has 0 bridgehead atoms. The Bertz CT molecular complexity index is 408. The van der Waals surface area contributed by atoms with Crippen LogP contribution >= 0.6 is 0 Å². The minimum absolute atomic E-state index is 0.203. The molecule has 0 heterocycles. The lowest BCUT2D eigenvalue weighted by atomic mass is 9.58. The SMILES string of the molecule is Cc1ccccc1C1(CNC(C)(C)C)CC(C)C1. The fourth-order valence-electron chi connectivity index (χ4n) is 3.34. The van der Waals surface area contributed by atoms with Crippen molar-refractivity contribution < 1.29 is 0 Å². The highest BCUT2D eigenvalue weighted by atomic mass is 15.0. The van der Waals surface area contributed by atoms with Crippen LogP contribution in [0.4, 0.5) is 0 Å². The van der Waals surface area contributed by atoms with Gasteiger partial charge in [0.25, 0.3) is 0 Å². The topological polar surface area (TPSA) is 12.0 Å². The summed E-state index contributed by atoms with van der Waals surface area (Å²) in [7, 11) is 0. The molecular weight excluding hydrogens is 218 g/mol. The third-order valence-corrected chi connectivity index (χ3v) is 4.15. The van der Waals surface area contributed by atoms with Gasteiger partial charge in [0.15, 0.2) is 0 Å². The van der Waals surface area contributed by atoms with Crippen LogP contribution in [-0.2, 0) is 5.41 Å². The molecule has 1 aliphatic rings. The summed E-state index contributed by atoms with van der Waals surface area (Å²) in [5.74, 6) is 0.867. The number of aryl methyl sites for hydroxylation is 1. The Labute approximate surface area is 112 Å². The zero-order chi connectivity index (χ0) is 13.4. The molecule has 1 aliphatic carbocycles. The van der Waals surface area contributed by atoms with Crippen molar-refractivity contribution in [1.29, 1.82) is 0 Å². The van der Waals surface area contributed by atoms with Crippen molar-refractivity contribution in [3.8, 4) is 0 Å². The van der Waals surface area contributed by atoms with E-state index in [2.05, 4.69) is 64.2 Å². The molecule has 2 rings (SSSR count). The van der Waals surface area contributed by atoms with Gasteiger partial charge in [-0.05, 0) is 57.6 Å². The van der Waals surface area contributed by atoms with Crippen LogP contribution < -0.4 is 5.32 Å². The standard InChI is InChI=1S/C17H27N/c1-13-10-17(11-13,12-18-16(3,4)5)15-9-7-6-8-14(15)2/h6-9,13,18H,10-12H2,1-5H3. The zero-order valence-electron chi connectivity index (χ0n) is 12.5. The van der Waals surface area contributed by atoms with Crippen LogP contribution in [0, 0.1) is 12.8 Å². The first-order valence-corrected chi connectivity index (χ1v) is 7.14. The molecule has 1 aromatic rings. The quantitative estimate of drug-likeness (QED) is 0.847. The van der Waals surface area contributed by atoms with E-state index in [0.717, 1.165) is 12.5 Å². The van der Waals surface area contributed by atoms with Gasteiger partial charge in [0, 0.05) is 17.5 Å². The molecule has 1 fully saturated rings. The number of hydrogen-bond donors (Lipinski definition) is 1. The van der Waals surface area contributed by atoms with Crippen molar-refractivity contribution in [3.63, 3.8) is 0 Å². The average molecular weight is 245 g/mol. The van der Waals surface area contributed by atoms with Gasteiger partial charge < -0.3 is 5.32 Å². The fourth-order valence-corrected chi connectivity index (χ4v) is 3.34. The van der Waals surface area contributed by atoms with E-state index in [9.17, 15) is 0 Å². The summed E-state index contributed by atoms with van der Waals surface area (Å²) in [4.78, 5) is 0. The molecule has 1 heteroatoms. The van der Waals surface area contributed by atoms with Gasteiger partial charge in [-0.3, -0.25) is 0 Å². The second kappa shape index (κ2) is 4.70. The van der Waals surface area contributed by atoms with Gasteiger partial charge in [0.2, 0.25) is 0 Å². The van der Waals surface area contributed by atoms with Crippen LogP contribution in [0.5, 0.6) is 0 Å². The molecule has 0 unspecified atom stereocenters. The van der Waals surface area contributed by atoms with Gasteiger partial charge in [-0.1, -0.05) is 31.2 Å². The highest BCUT2D eigenvalue weighted by Crippen LogP contribution is 2.48. The molecule has 1 aromatic carbocycles. The summed E-state index contributed by atoms with van der Waals surface area (Å²) in [6.07, 6.45) is 2.64.